The van der Waals surface area contributed by atoms with Crippen molar-refractivity contribution in [1.82, 2.24) is 14.0 Å². The summed E-state index contributed by atoms with van der Waals surface area (Å²) in [6.45, 7) is 5.80. The molecule has 1 aliphatic heterocycles. The lowest BCUT2D eigenvalue weighted by Crippen LogP contribution is -2.40. The third-order valence-corrected chi connectivity index (χ3v) is 4.73. The molecule has 0 bridgehead atoms. The van der Waals surface area contributed by atoms with Crippen LogP contribution in [0.5, 0.6) is 0 Å². The molecule has 1 saturated heterocycles. The fraction of sp³-hybridized carbons (Fsp3) is 0.500. The predicted molar refractivity (Wildman–Crippen MR) is 101 cm³/mol. The number of benzene rings is 1. The van der Waals surface area contributed by atoms with Gasteiger partial charge in [0.1, 0.15) is 0 Å². The Balaban J connectivity index is 1.94. The van der Waals surface area contributed by atoms with Gasteiger partial charge in [-0.15, -0.1) is 0 Å². The van der Waals surface area contributed by atoms with E-state index in [1.54, 1.807) is 10.6 Å². The minimum atomic E-state index is -0.257. The molecule has 0 amide bonds. The average Bonchev–Trinajstić information content (AvgIpc) is 3.14. The molecule has 1 aliphatic rings. The maximum atomic E-state index is 12.8. The quantitative estimate of drug-likeness (QED) is 0.784. The van der Waals surface area contributed by atoms with Crippen molar-refractivity contribution in [1.29, 1.82) is 0 Å². The van der Waals surface area contributed by atoms with Gasteiger partial charge >= 0.3 is 5.69 Å². The number of likely N-dealkylation sites (tertiary alicyclic amines) is 1. The Morgan fingerprint density at radius 1 is 1.00 bits per heavy atom. The Morgan fingerprint density at radius 3 is 2.48 bits per heavy atom. The summed E-state index contributed by atoms with van der Waals surface area (Å²) >= 11 is 0. The van der Waals surface area contributed by atoms with Crippen LogP contribution in [0.3, 0.4) is 0 Å². The molecule has 25 heavy (non-hydrogen) atoms. The van der Waals surface area contributed by atoms with E-state index < -0.39 is 0 Å². The van der Waals surface area contributed by atoms with Gasteiger partial charge in [-0.3, -0.25) is 18.8 Å². The first-order valence-electron chi connectivity index (χ1n) is 9.13. The van der Waals surface area contributed by atoms with E-state index in [1.165, 1.54) is 17.4 Å². The number of nitrogens with zero attached hydrogens (tertiary/aromatic N) is 3. The molecule has 0 saturated carbocycles. The molecule has 0 N–H and O–H groups in total. The maximum absolute atomic E-state index is 12.8. The third kappa shape index (κ3) is 3.85. The zero-order chi connectivity index (χ0) is 17.6. The van der Waals surface area contributed by atoms with Crippen LogP contribution in [-0.4, -0.2) is 33.7 Å². The molecular weight excluding hydrogens is 314 g/mol. The second kappa shape index (κ2) is 8.17. The molecule has 5 heteroatoms. The molecule has 1 aromatic carbocycles. The number of unbranched alkanes of at least 4 members (excludes halogenated alkanes) is 1. The summed E-state index contributed by atoms with van der Waals surface area (Å²) in [7, 11) is 0. The molecule has 0 spiro atoms. The molecule has 132 valence electrons. The summed E-state index contributed by atoms with van der Waals surface area (Å²) in [5.41, 5.74) is 0.212. The van der Waals surface area contributed by atoms with Crippen molar-refractivity contribution in [2.45, 2.75) is 45.7 Å². The second-order valence-corrected chi connectivity index (χ2v) is 6.53. The fourth-order valence-corrected chi connectivity index (χ4v) is 3.28. The van der Waals surface area contributed by atoms with Crippen molar-refractivity contribution in [3.05, 3.63) is 45.1 Å². The number of hydrogen-bond acceptors (Lipinski definition) is 3. The number of rotatable bonds is 5. The first-order chi connectivity index (χ1) is 12.2. The van der Waals surface area contributed by atoms with Crippen LogP contribution in [0.2, 0.25) is 0 Å². The first-order valence-corrected chi connectivity index (χ1v) is 9.13. The van der Waals surface area contributed by atoms with E-state index in [4.69, 9.17) is 0 Å². The zero-order valence-corrected chi connectivity index (χ0v) is 14.8. The summed E-state index contributed by atoms with van der Waals surface area (Å²) in [6, 6.07) is 7.30. The van der Waals surface area contributed by atoms with Crippen LogP contribution in [-0.2, 0) is 13.1 Å². The van der Waals surface area contributed by atoms with Crippen LogP contribution in [0.25, 0.3) is 10.9 Å². The van der Waals surface area contributed by atoms with Crippen LogP contribution in [0, 0.1) is 11.8 Å². The monoisotopic (exact) mass is 339 g/mol. The van der Waals surface area contributed by atoms with E-state index in [9.17, 15) is 9.59 Å². The van der Waals surface area contributed by atoms with Crippen LogP contribution >= 0.6 is 0 Å². The highest BCUT2D eigenvalue weighted by atomic mass is 16.2. The highest BCUT2D eigenvalue weighted by molar-refractivity contribution is 5.77. The summed E-state index contributed by atoms with van der Waals surface area (Å²) in [4.78, 5) is 27.8. The van der Waals surface area contributed by atoms with Crippen molar-refractivity contribution in [2.75, 3.05) is 19.6 Å². The molecule has 0 aliphatic carbocycles. The van der Waals surface area contributed by atoms with Gasteiger partial charge in [0.05, 0.1) is 24.0 Å². The van der Waals surface area contributed by atoms with Gasteiger partial charge in [-0.1, -0.05) is 37.3 Å². The Kier molecular flexibility index (Phi) is 5.72. The highest BCUT2D eigenvalue weighted by Crippen LogP contribution is 2.08. The minimum Gasteiger partial charge on any atom is -0.292 e. The molecule has 1 aromatic heterocycles. The maximum Gasteiger partial charge on any atom is 0.332 e. The molecule has 2 heterocycles. The van der Waals surface area contributed by atoms with Crippen molar-refractivity contribution in [3.8, 4) is 11.8 Å². The Labute approximate surface area is 147 Å². The normalized spacial score (nSPS) is 14.6. The standard InChI is InChI=1S/C20H25N3O2/c1-2-3-15-23-19(24)17-10-4-5-11-18(17)22(20(23)25)16-9-8-14-21-12-6-7-13-21/h4-5,10-11H,2-3,6-7,12-16H2,1H3. The van der Waals surface area contributed by atoms with Gasteiger partial charge in [0, 0.05) is 6.54 Å². The number of fused-ring (bicyclic) bond motifs is 1. The van der Waals surface area contributed by atoms with E-state index in [0.29, 0.717) is 24.0 Å². The third-order valence-electron chi connectivity index (χ3n) is 4.73. The first kappa shape index (κ1) is 17.5. The van der Waals surface area contributed by atoms with Crippen molar-refractivity contribution in [2.24, 2.45) is 0 Å². The smallest absolute Gasteiger partial charge is 0.292 e. The molecule has 0 atom stereocenters. The summed E-state index contributed by atoms with van der Waals surface area (Å²) in [6.07, 6.45) is 4.24. The average molecular weight is 339 g/mol. The number of aromatic nitrogens is 2. The molecule has 5 nitrogen and oxygen atoms in total. The topological polar surface area (TPSA) is 47.2 Å². The van der Waals surface area contributed by atoms with Crippen LogP contribution in [0.15, 0.2) is 33.9 Å². The molecular formula is C20H25N3O2. The highest BCUT2D eigenvalue weighted by Gasteiger charge is 2.12. The van der Waals surface area contributed by atoms with Crippen molar-refractivity contribution < 1.29 is 0 Å². The zero-order valence-electron chi connectivity index (χ0n) is 14.8. The van der Waals surface area contributed by atoms with Gasteiger partial charge in [0.15, 0.2) is 0 Å². The lowest BCUT2D eigenvalue weighted by molar-refractivity contribution is 0.383. The Morgan fingerprint density at radius 2 is 1.72 bits per heavy atom. The summed E-state index contributed by atoms with van der Waals surface area (Å²) in [5, 5.41) is 0.583. The lowest BCUT2D eigenvalue weighted by atomic mass is 10.2. The van der Waals surface area contributed by atoms with Gasteiger partial charge in [-0.05, 0) is 44.5 Å². The minimum absolute atomic E-state index is 0.199. The van der Waals surface area contributed by atoms with E-state index >= 15 is 0 Å². The molecule has 2 aromatic rings. The summed E-state index contributed by atoms with van der Waals surface area (Å²) < 4.78 is 2.98. The van der Waals surface area contributed by atoms with Crippen LogP contribution in [0.4, 0.5) is 0 Å². The Bertz CT molecular complexity index is 908. The SMILES string of the molecule is CCCCn1c(=O)c2ccccc2n(CC#CCN2CCCC2)c1=O. The van der Waals surface area contributed by atoms with Crippen molar-refractivity contribution >= 4 is 10.9 Å². The van der Waals surface area contributed by atoms with Crippen molar-refractivity contribution in [3.63, 3.8) is 0 Å². The molecule has 3 rings (SSSR count). The Hall–Kier alpha value is -2.32. The van der Waals surface area contributed by atoms with Gasteiger partial charge in [0.25, 0.3) is 5.56 Å². The van der Waals surface area contributed by atoms with E-state index in [0.717, 1.165) is 32.5 Å². The fourth-order valence-electron chi connectivity index (χ4n) is 3.28. The molecule has 1 fully saturated rings. The van der Waals surface area contributed by atoms with Gasteiger partial charge in [-0.2, -0.15) is 0 Å². The predicted octanol–water partition coefficient (Wildman–Crippen LogP) is 2.06. The van der Waals surface area contributed by atoms with Gasteiger partial charge < -0.3 is 0 Å². The van der Waals surface area contributed by atoms with Crippen LogP contribution in [0.1, 0.15) is 32.6 Å². The van der Waals surface area contributed by atoms with Gasteiger partial charge in [-0.25, -0.2) is 4.79 Å². The molecule has 0 unspecified atom stereocenters. The number of hydrogen-bond donors (Lipinski definition) is 0. The molecule has 0 radical (unpaired) electrons. The second-order valence-electron chi connectivity index (χ2n) is 6.53. The van der Waals surface area contributed by atoms with Gasteiger partial charge in [0.2, 0.25) is 0 Å². The van der Waals surface area contributed by atoms with E-state index in [1.807, 2.05) is 18.2 Å². The largest absolute Gasteiger partial charge is 0.332 e. The lowest BCUT2D eigenvalue weighted by Gasteiger charge is -2.12. The summed E-state index contributed by atoms with van der Waals surface area (Å²) in [5.74, 6) is 6.29. The number of para-hydroxylation sites is 1. The van der Waals surface area contributed by atoms with E-state index in [-0.39, 0.29) is 11.2 Å². The van der Waals surface area contributed by atoms with Crippen LogP contribution < -0.4 is 11.2 Å². The van der Waals surface area contributed by atoms with E-state index in [2.05, 4.69) is 23.7 Å².